The Morgan fingerprint density at radius 2 is 1.89 bits per heavy atom. The second-order valence-electron chi connectivity index (χ2n) is 4.03. The van der Waals surface area contributed by atoms with Gasteiger partial charge in [0.2, 0.25) is 0 Å². The quantitative estimate of drug-likeness (QED) is 0.500. The zero-order chi connectivity index (χ0) is 13.8. The zero-order valence-electron chi connectivity index (χ0n) is 10.9. The van der Waals surface area contributed by atoms with Crippen LogP contribution in [0.4, 0.5) is 22.9 Å². The van der Waals surface area contributed by atoms with Gasteiger partial charge in [-0.25, -0.2) is 0 Å². The summed E-state index contributed by atoms with van der Waals surface area (Å²) in [6.07, 6.45) is 1.74. The van der Waals surface area contributed by atoms with Gasteiger partial charge in [0.25, 0.3) is 0 Å². The van der Waals surface area contributed by atoms with Gasteiger partial charge in [0.15, 0.2) is 0 Å². The Bertz CT molecular complexity index is 624. The van der Waals surface area contributed by atoms with Crippen LogP contribution < -0.4 is 21.0 Å². The lowest BCUT2D eigenvalue weighted by atomic mass is 10.1. The molecule has 2 aromatic rings. The third-order valence-electron chi connectivity index (χ3n) is 2.68. The molecule has 0 radical (unpaired) electrons. The Labute approximate surface area is 111 Å². The molecule has 4 N–H and O–H groups in total. The summed E-state index contributed by atoms with van der Waals surface area (Å²) in [4.78, 5) is 5.12. The van der Waals surface area contributed by atoms with Gasteiger partial charge >= 0.3 is 5.82 Å². The summed E-state index contributed by atoms with van der Waals surface area (Å²) in [5, 5.41) is 8.25. The van der Waals surface area contributed by atoms with Crippen LogP contribution in [0.3, 0.4) is 0 Å². The average Bonchev–Trinajstić information content (AvgIpc) is 2.41. The normalized spacial score (nSPS) is 10.8. The minimum absolute atomic E-state index is 0.492. The van der Waals surface area contributed by atoms with E-state index in [0.717, 1.165) is 5.56 Å². The molecule has 1 heterocycles. The van der Waals surface area contributed by atoms with Gasteiger partial charge < -0.3 is 16.3 Å². The highest BCUT2D eigenvalue weighted by Crippen LogP contribution is 2.28. The standard InChI is InChI=1S/C13H15N5O/c1-9-7-12(11(15)8-10(9)14)16-17-13-5-3-4-6-18(13)19-2/h3-8H,1-2H3,(H3,14,15)/p+1. The third kappa shape index (κ3) is 2.79. The van der Waals surface area contributed by atoms with Gasteiger partial charge in [-0.2, -0.15) is 0 Å². The molecule has 0 aliphatic carbocycles. The van der Waals surface area contributed by atoms with Crippen molar-refractivity contribution in [2.24, 2.45) is 10.2 Å². The molecule has 6 heteroatoms. The molecule has 1 aromatic carbocycles. The molecule has 0 saturated heterocycles. The molecular weight excluding hydrogens is 242 g/mol. The second kappa shape index (κ2) is 5.34. The van der Waals surface area contributed by atoms with E-state index in [1.807, 2.05) is 19.1 Å². The number of hydrogen-bond donors (Lipinski definition) is 2. The summed E-state index contributed by atoms with van der Waals surface area (Å²) in [5.41, 5.74) is 14.2. The molecule has 0 bridgehead atoms. The highest BCUT2D eigenvalue weighted by molar-refractivity contribution is 5.70. The van der Waals surface area contributed by atoms with Crippen LogP contribution in [0, 0.1) is 6.92 Å². The van der Waals surface area contributed by atoms with Gasteiger partial charge in [0.05, 0.1) is 10.8 Å². The van der Waals surface area contributed by atoms with Crippen molar-refractivity contribution < 1.29 is 9.57 Å². The summed E-state index contributed by atoms with van der Waals surface area (Å²) < 4.78 is 1.50. The largest absolute Gasteiger partial charge is 0.398 e. The number of hydrogen-bond acceptors (Lipinski definition) is 5. The van der Waals surface area contributed by atoms with Crippen molar-refractivity contribution in [1.29, 1.82) is 0 Å². The second-order valence-corrected chi connectivity index (χ2v) is 4.03. The van der Waals surface area contributed by atoms with Crippen LogP contribution in [0.25, 0.3) is 0 Å². The van der Waals surface area contributed by atoms with Gasteiger partial charge in [-0.05, 0) is 46.6 Å². The van der Waals surface area contributed by atoms with Crippen LogP contribution >= 0.6 is 0 Å². The molecule has 6 nitrogen and oxygen atoms in total. The number of aromatic nitrogens is 1. The number of nitrogens with zero attached hydrogens (tertiary/aromatic N) is 3. The fraction of sp³-hybridized carbons (Fsp3) is 0.154. The molecule has 1 aromatic heterocycles. The van der Waals surface area contributed by atoms with E-state index in [2.05, 4.69) is 10.2 Å². The first-order valence-corrected chi connectivity index (χ1v) is 5.74. The van der Waals surface area contributed by atoms with Crippen LogP contribution in [0.1, 0.15) is 5.56 Å². The van der Waals surface area contributed by atoms with Crippen molar-refractivity contribution >= 4 is 22.9 Å². The first kappa shape index (κ1) is 12.8. The van der Waals surface area contributed by atoms with Crippen LogP contribution in [-0.4, -0.2) is 7.11 Å². The lowest BCUT2D eigenvalue weighted by molar-refractivity contribution is -0.875. The lowest BCUT2D eigenvalue weighted by Crippen LogP contribution is -2.39. The minimum atomic E-state index is 0.492. The molecule has 19 heavy (non-hydrogen) atoms. The number of benzene rings is 1. The summed E-state index contributed by atoms with van der Waals surface area (Å²) in [6, 6.07) is 8.95. The molecule has 2 rings (SSSR count). The van der Waals surface area contributed by atoms with Crippen molar-refractivity contribution in [3.8, 4) is 0 Å². The van der Waals surface area contributed by atoms with Crippen molar-refractivity contribution in [3.63, 3.8) is 0 Å². The van der Waals surface area contributed by atoms with Crippen molar-refractivity contribution in [2.75, 3.05) is 18.6 Å². The lowest BCUT2D eigenvalue weighted by Gasteiger charge is -2.02. The van der Waals surface area contributed by atoms with E-state index in [9.17, 15) is 0 Å². The number of nitrogens with two attached hydrogens (primary N) is 2. The van der Waals surface area contributed by atoms with Crippen LogP contribution in [0.15, 0.2) is 46.8 Å². The molecule has 0 amide bonds. The number of azo groups is 1. The molecule has 98 valence electrons. The summed E-state index contributed by atoms with van der Waals surface area (Å²) in [6.45, 7) is 1.89. The topological polar surface area (TPSA) is 89.9 Å². The summed E-state index contributed by atoms with van der Waals surface area (Å²) >= 11 is 0. The van der Waals surface area contributed by atoms with Crippen molar-refractivity contribution in [3.05, 3.63) is 42.1 Å². The van der Waals surface area contributed by atoms with Gasteiger partial charge in [0.1, 0.15) is 19.0 Å². The van der Waals surface area contributed by atoms with Gasteiger partial charge in [0, 0.05) is 11.8 Å². The highest BCUT2D eigenvalue weighted by atomic mass is 16.6. The van der Waals surface area contributed by atoms with E-state index in [-0.39, 0.29) is 0 Å². The van der Waals surface area contributed by atoms with Crippen molar-refractivity contribution in [2.45, 2.75) is 6.92 Å². The number of aryl methyl sites for hydroxylation is 1. The summed E-state index contributed by atoms with van der Waals surface area (Å²) in [5.74, 6) is 0.568. The van der Waals surface area contributed by atoms with E-state index in [4.69, 9.17) is 16.3 Å². The molecule has 0 fully saturated rings. The predicted molar refractivity (Wildman–Crippen MR) is 73.3 cm³/mol. The van der Waals surface area contributed by atoms with Crippen molar-refractivity contribution in [1.82, 2.24) is 0 Å². The minimum Gasteiger partial charge on any atom is -0.398 e. The fourth-order valence-electron chi connectivity index (χ4n) is 1.57. The highest BCUT2D eigenvalue weighted by Gasteiger charge is 2.10. The smallest absolute Gasteiger partial charge is 0.388 e. The van der Waals surface area contributed by atoms with Gasteiger partial charge in [-0.1, -0.05) is 0 Å². The van der Waals surface area contributed by atoms with Crippen LogP contribution in [0.2, 0.25) is 0 Å². The number of rotatable bonds is 3. The number of pyridine rings is 1. The molecule has 0 saturated carbocycles. The third-order valence-corrected chi connectivity index (χ3v) is 2.68. The molecule has 0 atom stereocenters. The van der Waals surface area contributed by atoms with E-state index >= 15 is 0 Å². The number of nitrogen functional groups attached to an aromatic ring is 2. The first-order valence-electron chi connectivity index (χ1n) is 5.74. The van der Waals surface area contributed by atoms with Crippen LogP contribution in [0.5, 0.6) is 0 Å². The van der Waals surface area contributed by atoms with E-state index in [1.165, 1.54) is 4.73 Å². The Hall–Kier alpha value is -2.63. The molecule has 0 aliphatic rings. The number of anilines is 2. The Morgan fingerprint density at radius 1 is 1.11 bits per heavy atom. The maximum Gasteiger partial charge on any atom is 0.388 e. The van der Waals surface area contributed by atoms with E-state index in [1.54, 1.807) is 31.5 Å². The average molecular weight is 258 g/mol. The van der Waals surface area contributed by atoms with Gasteiger partial charge in [-0.15, -0.1) is 0 Å². The van der Waals surface area contributed by atoms with E-state index < -0.39 is 0 Å². The predicted octanol–water partition coefficient (Wildman–Crippen LogP) is 1.92. The Kier molecular flexibility index (Phi) is 3.61. The van der Waals surface area contributed by atoms with E-state index in [0.29, 0.717) is 22.9 Å². The molecule has 0 spiro atoms. The fourth-order valence-corrected chi connectivity index (χ4v) is 1.57. The van der Waals surface area contributed by atoms with Crippen LogP contribution in [-0.2, 0) is 0 Å². The Morgan fingerprint density at radius 3 is 2.63 bits per heavy atom. The SMILES string of the molecule is CO[n+]1ccccc1N=Nc1cc(C)c(N)cc1N. The first-order chi connectivity index (χ1) is 9.11. The maximum atomic E-state index is 5.85. The molecule has 0 unspecified atom stereocenters. The zero-order valence-corrected chi connectivity index (χ0v) is 10.9. The molecular formula is C13H16N5O+. The van der Waals surface area contributed by atoms with Gasteiger partial charge in [-0.3, -0.25) is 0 Å². The monoisotopic (exact) mass is 258 g/mol. The maximum absolute atomic E-state index is 5.85. The Balaban J connectivity index is 2.35. The molecule has 0 aliphatic heterocycles. The summed E-state index contributed by atoms with van der Waals surface area (Å²) in [7, 11) is 1.56.